The average Bonchev–Trinajstić information content (AvgIpc) is 2.36. The Morgan fingerprint density at radius 3 is 2.56 bits per heavy atom. The van der Waals surface area contributed by atoms with E-state index < -0.39 is 17.6 Å². The molecular formula is C10H13BrN2O5. The average molecular weight is 321 g/mol. The molecule has 0 radical (unpaired) electrons. The lowest BCUT2D eigenvalue weighted by Gasteiger charge is -2.16. The highest BCUT2D eigenvalue weighted by molar-refractivity contribution is 9.10. The van der Waals surface area contributed by atoms with Gasteiger partial charge < -0.3 is 20.3 Å². The van der Waals surface area contributed by atoms with Gasteiger partial charge in [0.1, 0.15) is 0 Å². The number of aliphatic hydroxyl groups is 1. The monoisotopic (exact) mass is 320 g/mol. The molecule has 1 rings (SSSR count). The Morgan fingerprint density at radius 2 is 2.17 bits per heavy atom. The van der Waals surface area contributed by atoms with Crippen LogP contribution in [0, 0.1) is 10.1 Å². The van der Waals surface area contributed by atoms with Crippen molar-refractivity contribution in [3.8, 4) is 11.5 Å². The van der Waals surface area contributed by atoms with E-state index in [9.17, 15) is 10.1 Å². The summed E-state index contributed by atoms with van der Waals surface area (Å²) in [5.41, 5.74) is 5.60. The summed E-state index contributed by atoms with van der Waals surface area (Å²) in [5, 5.41) is 20.1. The molecule has 1 aromatic carbocycles. The van der Waals surface area contributed by atoms with Crippen LogP contribution in [-0.4, -0.2) is 30.9 Å². The molecule has 3 N–H and O–H groups in total. The second-order valence-corrected chi connectivity index (χ2v) is 4.20. The SMILES string of the molecule is COc1cc([N+](=O)[O-])c([C@H](N)CO)c(Br)c1OC. The summed E-state index contributed by atoms with van der Waals surface area (Å²) in [6.07, 6.45) is 0. The second kappa shape index (κ2) is 5.98. The van der Waals surface area contributed by atoms with Gasteiger partial charge in [0, 0.05) is 0 Å². The summed E-state index contributed by atoms with van der Waals surface area (Å²) in [5.74, 6) is 0.506. The van der Waals surface area contributed by atoms with Gasteiger partial charge in [-0.1, -0.05) is 0 Å². The van der Waals surface area contributed by atoms with Gasteiger partial charge in [-0.15, -0.1) is 0 Å². The maximum atomic E-state index is 11.0. The molecule has 1 atom stereocenters. The molecule has 0 amide bonds. The minimum absolute atomic E-state index is 0.167. The van der Waals surface area contributed by atoms with E-state index in [0.29, 0.717) is 10.2 Å². The van der Waals surface area contributed by atoms with Gasteiger partial charge in [-0.3, -0.25) is 10.1 Å². The minimum Gasteiger partial charge on any atom is -0.493 e. The normalized spacial score (nSPS) is 12.1. The Kier molecular flexibility index (Phi) is 4.88. The van der Waals surface area contributed by atoms with Gasteiger partial charge >= 0.3 is 0 Å². The number of hydrogen-bond acceptors (Lipinski definition) is 6. The maximum absolute atomic E-state index is 11.0. The first-order valence-corrected chi connectivity index (χ1v) is 5.72. The first-order chi connectivity index (χ1) is 8.47. The molecule has 0 unspecified atom stereocenters. The van der Waals surface area contributed by atoms with Gasteiger partial charge in [-0.25, -0.2) is 0 Å². The van der Waals surface area contributed by atoms with Crippen LogP contribution < -0.4 is 15.2 Å². The molecule has 0 aliphatic heterocycles. The fourth-order valence-corrected chi connectivity index (χ4v) is 2.40. The van der Waals surface area contributed by atoms with Crippen molar-refractivity contribution < 1.29 is 19.5 Å². The number of nitro groups is 1. The highest BCUT2D eigenvalue weighted by atomic mass is 79.9. The van der Waals surface area contributed by atoms with Crippen molar-refractivity contribution >= 4 is 21.6 Å². The topological polar surface area (TPSA) is 108 Å². The number of rotatable bonds is 5. The quantitative estimate of drug-likeness (QED) is 0.626. The number of ether oxygens (including phenoxy) is 2. The van der Waals surface area contributed by atoms with Crippen LogP contribution in [0.4, 0.5) is 5.69 Å². The summed E-state index contributed by atoms with van der Waals surface area (Å²) in [6.45, 7) is -0.422. The zero-order valence-electron chi connectivity index (χ0n) is 9.84. The van der Waals surface area contributed by atoms with Crippen LogP contribution in [0.25, 0.3) is 0 Å². The van der Waals surface area contributed by atoms with E-state index in [0.717, 1.165) is 0 Å². The molecule has 0 aliphatic rings. The van der Waals surface area contributed by atoms with Crippen molar-refractivity contribution in [1.29, 1.82) is 0 Å². The Hall–Kier alpha value is -1.38. The van der Waals surface area contributed by atoms with Crippen LogP contribution in [0.1, 0.15) is 11.6 Å². The van der Waals surface area contributed by atoms with Crippen LogP contribution in [0.5, 0.6) is 11.5 Å². The van der Waals surface area contributed by atoms with Crippen LogP contribution in [0.3, 0.4) is 0 Å². The number of hydrogen-bond donors (Lipinski definition) is 2. The standard InChI is InChI=1S/C10H13BrN2O5/c1-17-7-3-6(13(15)16)8(5(12)4-14)9(11)10(7)18-2/h3,5,14H,4,12H2,1-2H3/t5-/m1/s1. The lowest BCUT2D eigenvalue weighted by molar-refractivity contribution is -0.385. The first-order valence-electron chi connectivity index (χ1n) is 4.93. The van der Waals surface area contributed by atoms with Crippen molar-refractivity contribution in [2.75, 3.05) is 20.8 Å². The molecule has 0 saturated heterocycles. The number of benzene rings is 1. The molecule has 0 fully saturated rings. The molecule has 0 saturated carbocycles. The van der Waals surface area contributed by atoms with E-state index in [-0.39, 0.29) is 17.0 Å². The van der Waals surface area contributed by atoms with Gasteiger partial charge in [0.05, 0.1) is 47.9 Å². The lowest BCUT2D eigenvalue weighted by atomic mass is 10.0. The van der Waals surface area contributed by atoms with Gasteiger partial charge in [-0.2, -0.15) is 0 Å². The molecular weight excluding hydrogens is 308 g/mol. The molecule has 18 heavy (non-hydrogen) atoms. The summed E-state index contributed by atoms with van der Waals surface area (Å²) >= 11 is 3.19. The number of aliphatic hydroxyl groups excluding tert-OH is 1. The number of nitro benzene ring substituents is 1. The van der Waals surface area contributed by atoms with E-state index in [4.69, 9.17) is 20.3 Å². The van der Waals surface area contributed by atoms with E-state index >= 15 is 0 Å². The maximum Gasteiger partial charge on any atom is 0.279 e. The van der Waals surface area contributed by atoms with Gasteiger partial charge in [0.2, 0.25) is 0 Å². The summed E-state index contributed by atoms with van der Waals surface area (Å²) < 4.78 is 10.4. The number of methoxy groups -OCH3 is 2. The molecule has 0 aliphatic carbocycles. The van der Waals surface area contributed by atoms with Crippen LogP contribution in [0.2, 0.25) is 0 Å². The second-order valence-electron chi connectivity index (χ2n) is 3.41. The Balaban J connectivity index is 3.60. The molecule has 1 aromatic rings. The molecule has 0 spiro atoms. The number of halogens is 1. The van der Waals surface area contributed by atoms with Crippen LogP contribution >= 0.6 is 15.9 Å². The number of nitrogens with zero attached hydrogens (tertiary/aromatic N) is 1. The predicted molar refractivity (Wildman–Crippen MR) is 67.9 cm³/mol. The molecule has 0 heterocycles. The highest BCUT2D eigenvalue weighted by Crippen LogP contribution is 2.44. The highest BCUT2D eigenvalue weighted by Gasteiger charge is 2.28. The molecule has 7 nitrogen and oxygen atoms in total. The minimum atomic E-state index is -0.889. The van der Waals surface area contributed by atoms with Crippen molar-refractivity contribution in [2.24, 2.45) is 5.73 Å². The molecule has 0 aromatic heterocycles. The van der Waals surface area contributed by atoms with Crippen molar-refractivity contribution in [1.82, 2.24) is 0 Å². The third kappa shape index (κ3) is 2.55. The Bertz CT molecular complexity index is 466. The zero-order chi connectivity index (χ0) is 13.9. The summed E-state index contributed by atoms with van der Waals surface area (Å²) in [6, 6.07) is 0.327. The zero-order valence-corrected chi connectivity index (χ0v) is 11.4. The summed E-state index contributed by atoms with van der Waals surface area (Å²) in [7, 11) is 2.78. The van der Waals surface area contributed by atoms with Gasteiger partial charge in [0.15, 0.2) is 11.5 Å². The predicted octanol–water partition coefficient (Wildman–Crippen LogP) is 1.37. The van der Waals surface area contributed by atoms with Crippen molar-refractivity contribution in [3.63, 3.8) is 0 Å². The van der Waals surface area contributed by atoms with Gasteiger partial charge in [-0.05, 0) is 15.9 Å². The van der Waals surface area contributed by atoms with Crippen LogP contribution in [0.15, 0.2) is 10.5 Å². The van der Waals surface area contributed by atoms with E-state index in [1.54, 1.807) is 0 Å². The van der Waals surface area contributed by atoms with E-state index in [1.165, 1.54) is 20.3 Å². The molecule has 100 valence electrons. The largest absolute Gasteiger partial charge is 0.493 e. The lowest BCUT2D eigenvalue weighted by Crippen LogP contribution is -2.17. The fourth-order valence-electron chi connectivity index (χ4n) is 1.55. The van der Waals surface area contributed by atoms with Crippen molar-refractivity contribution in [3.05, 3.63) is 26.2 Å². The summed E-state index contributed by atoms with van der Waals surface area (Å²) in [4.78, 5) is 10.4. The molecule has 0 bridgehead atoms. The van der Waals surface area contributed by atoms with Crippen LogP contribution in [-0.2, 0) is 0 Å². The number of nitrogens with two attached hydrogens (primary N) is 1. The molecule has 8 heteroatoms. The Labute approximate surface area is 112 Å². The van der Waals surface area contributed by atoms with Gasteiger partial charge in [0.25, 0.3) is 5.69 Å². The first kappa shape index (κ1) is 14.7. The van der Waals surface area contributed by atoms with Crippen molar-refractivity contribution in [2.45, 2.75) is 6.04 Å². The fraction of sp³-hybridized carbons (Fsp3) is 0.400. The van der Waals surface area contributed by atoms with E-state index in [1.807, 2.05) is 0 Å². The smallest absolute Gasteiger partial charge is 0.279 e. The third-order valence-electron chi connectivity index (χ3n) is 2.39. The third-order valence-corrected chi connectivity index (χ3v) is 3.18. The van der Waals surface area contributed by atoms with E-state index in [2.05, 4.69) is 15.9 Å². The Morgan fingerprint density at radius 1 is 1.56 bits per heavy atom.